The molecule has 0 aromatic heterocycles. The van der Waals surface area contributed by atoms with Gasteiger partial charge in [-0.3, -0.25) is 4.79 Å². The molecule has 0 saturated carbocycles. The number of nitrogens with one attached hydrogen (secondary N) is 1. The van der Waals surface area contributed by atoms with Gasteiger partial charge in [-0.05, 0) is 38.0 Å². The van der Waals surface area contributed by atoms with Crippen LogP contribution in [0.4, 0.5) is 5.69 Å². The van der Waals surface area contributed by atoms with Crippen LogP contribution in [-0.4, -0.2) is 57.4 Å². The third-order valence-corrected chi connectivity index (χ3v) is 6.78. The fourth-order valence-corrected chi connectivity index (χ4v) is 4.65. The van der Waals surface area contributed by atoms with Gasteiger partial charge < -0.3 is 16.0 Å². The maximum absolute atomic E-state index is 12.8. The molecule has 0 spiro atoms. The normalized spacial score (nSPS) is 15.5. The van der Waals surface area contributed by atoms with Gasteiger partial charge in [-0.1, -0.05) is 13.8 Å². The molecule has 1 aromatic carbocycles. The van der Waals surface area contributed by atoms with Crippen molar-refractivity contribution < 1.29 is 13.2 Å². The summed E-state index contributed by atoms with van der Waals surface area (Å²) in [5, 5.41) is 2.85. The molecule has 3 N–H and O–H groups in total. The number of carbonyl (C=O) groups is 1. The second-order valence-corrected chi connectivity index (χ2v) is 8.51. The van der Waals surface area contributed by atoms with Crippen LogP contribution in [0, 0.1) is 0 Å². The van der Waals surface area contributed by atoms with Gasteiger partial charge >= 0.3 is 0 Å². The highest BCUT2D eigenvalue weighted by molar-refractivity contribution is 7.89. The van der Waals surface area contributed by atoms with Gasteiger partial charge in [0.25, 0.3) is 5.91 Å². The third kappa shape index (κ3) is 5.34. The number of sulfonamides is 1. The lowest BCUT2D eigenvalue weighted by atomic mass is 10.1. The Bertz CT molecular complexity index is 732. The van der Waals surface area contributed by atoms with Crippen LogP contribution >= 0.6 is 12.4 Å². The summed E-state index contributed by atoms with van der Waals surface area (Å²) in [6, 6.07) is 4.67. The molecule has 1 heterocycles. The molecule has 1 fully saturated rings. The van der Waals surface area contributed by atoms with E-state index in [9.17, 15) is 13.2 Å². The first-order valence-electron chi connectivity index (χ1n) is 9.25. The van der Waals surface area contributed by atoms with Crippen LogP contribution < -0.4 is 16.0 Å². The molecule has 1 amide bonds. The van der Waals surface area contributed by atoms with E-state index >= 15 is 0 Å². The van der Waals surface area contributed by atoms with Crippen molar-refractivity contribution in [1.29, 1.82) is 0 Å². The fraction of sp³-hybridized carbons (Fsp3) is 0.611. The molecule has 1 aromatic rings. The summed E-state index contributed by atoms with van der Waals surface area (Å²) in [5.74, 6) is -0.290. The van der Waals surface area contributed by atoms with Gasteiger partial charge in [-0.25, -0.2) is 8.42 Å². The van der Waals surface area contributed by atoms with E-state index in [4.69, 9.17) is 5.73 Å². The maximum atomic E-state index is 12.8. The van der Waals surface area contributed by atoms with Crippen LogP contribution in [0.2, 0.25) is 0 Å². The minimum Gasteiger partial charge on any atom is -0.371 e. The van der Waals surface area contributed by atoms with E-state index < -0.39 is 10.0 Å². The van der Waals surface area contributed by atoms with Crippen molar-refractivity contribution in [3.63, 3.8) is 0 Å². The van der Waals surface area contributed by atoms with Gasteiger partial charge in [0.15, 0.2) is 0 Å². The molecule has 0 unspecified atom stereocenters. The Hall–Kier alpha value is -1.35. The lowest BCUT2D eigenvalue weighted by molar-refractivity contribution is 0.0941. The molecule has 154 valence electrons. The number of anilines is 1. The number of rotatable bonds is 8. The molecule has 0 bridgehead atoms. The van der Waals surface area contributed by atoms with E-state index in [0.29, 0.717) is 25.2 Å². The Morgan fingerprint density at radius 3 is 2.37 bits per heavy atom. The van der Waals surface area contributed by atoms with E-state index in [1.165, 1.54) is 10.4 Å². The monoisotopic (exact) mass is 418 g/mol. The Kier molecular flexibility index (Phi) is 9.01. The molecule has 27 heavy (non-hydrogen) atoms. The molecule has 2 rings (SSSR count). The van der Waals surface area contributed by atoms with E-state index in [-0.39, 0.29) is 29.3 Å². The van der Waals surface area contributed by atoms with Crippen LogP contribution in [0.15, 0.2) is 23.1 Å². The highest BCUT2D eigenvalue weighted by Crippen LogP contribution is 2.28. The average Bonchev–Trinajstić information content (AvgIpc) is 3.16. The van der Waals surface area contributed by atoms with E-state index in [1.807, 2.05) is 6.92 Å². The van der Waals surface area contributed by atoms with Crippen LogP contribution in [0.25, 0.3) is 0 Å². The zero-order valence-electron chi connectivity index (χ0n) is 16.3. The minimum atomic E-state index is -3.62. The molecule has 9 heteroatoms. The van der Waals surface area contributed by atoms with Crippen molar-refractivity contribution in [3.05, 3.63) is 23.8 Å². The lowest BCUT2D eigenvalue weighted by Gasteiger charge is -2.24. The van der Waals surface area contributed by atoms with E-state index in [1.54, 1.807) is 26.0 Å². The largest absolute Gasteiger partial charge is 0.371 e. The van der Waals surface area contributed by atoms with Gasteiger partial charge in [0, 0.05) is 44.5 Å². The third-order valence-electron chi connectivity index (χ3n) is 4.73. The average molecular weight is 419 g/mol. The summed E-state index contributed by atoms with van der Waals surface area (Å²) in [7, 11) is -3.62. The Morgan fingerprint density at radius 2 is 1.85 bits per heavy atom. The molecule has 1 aliphatic rings. The molecule has 1 atom stereocenters. The topological polar surface area (TPSA) is 95.7 Å². The number of amides is 1. The molecule has 1 saturated heterocycles. The standard InChI is InChI=1S/C18H30N4O3S.ClH/c1-4-22(5-2)26(24,25)15-8-9-17(21-10-6-7-11-21)16(12-15)18(23)20-14(3)13-19;/h8-9,12,14H,4-7,10-11,13,19H2,1-3H3,(H,20,23);1H/t14-;/m0./s1. The minimum absolute atomic E-state index is 0. The number of carbonyl (C=O) groups excluding carboxylic acids is 1. The summed E-state index contributed by atoms with van der Waals surface area (Å²) < 4.78 is 27.1. The van der Waals surface area contributed by atoms with E-state index in [0.717, 1.165) is 31.6 Å². The Morgan fingerprint density at radius 1 is 1.26 bits per heavy atom. The highest BCUT2D eigenvalue weighted by Gasteiger charge is 2.26. The summed E-state index contributed by atoms with van der Waals surface area (Å²) in [6.45, 7) is 8.26. The first-order valence-corrected chi connectivity index (χ1v) is 10.7. The molecule has 0 aliphatic carbocycles. The fourth-order valence-electron chi connectivity index (χ4n) is 3.16. The molecule has 1 aliphatic heterocycles. The van der Waals surface area contributed by atoms with Crippen LogP contribution in [0.5, 0.6) is 0 Å². The van der Waals surface area contributed by atoms with Crippen molar-refractivity contribution >= 4 is 34.0 Å². The van der Waals surface area contributed by atoms with Crippen molar-refractivity contribution in [1.82, 2.24) is 9.62 Å². The van der Waals surface area contributed by atoms with Crippen molar-refractivity contribution in [2.24, 2.45) is 5.73 Å². The van der Waals surface area contributed by atoms with Gasteiger partial charge in [0.1, 0.15) is 0 Å². The van der Waals surface area contributed by atoms with Crippen molar-refractivity contribution in [2.75, 3.05) is 37.6 Å². The Labute approximate surface area is 168 Å². The number of halogens is 1. The summed E-state index contributed by atoms with van der Waals surface area (Å²) >= 11 is 0. The van der Waals surface area contributed by atoms with Gasteiger partial charge in [-0.2, -0.15) is 4.31 Å². The first-order chi connectivity index (χ1) is 12.3. The smallest absolute Gasteiger partial charge is 0.253 e. The van der Waals surface area contributed by atoms with Crippen LogP contribution in [0.3, 0.4) is 0 Å². The number of benzene rings is 1. The zero-order valence-corrected chi connectivity index (χ0v) is 17.9. The summed E-state index contributed by atoms with van der Waals surface area (Å²) in [4.78, 5) is 15.1. The van der Waals surface area contributed by atoms with Crippen LogP contribution in [-0.2, 0) is 10.0 Å². The van der Waals surface area contributed by atoms with Gasteiger partial charge in [0.2, 0.25) is 10.0 Å². The predicted octanol–water partition coefficient (Wildman–Crippen LogP) is 1.82. The second-order valence-electron chi connectivity index (χ2n) is 6.57. The maximum Gasteiger partial charge on any atom is 0.253 e. The molecular formula is C18H31ClN4O3S. The predicted molar refractivity (Wildman–Crippen MR) is 111 cm³/mol. The summed E-state index contributed by atoms with van der Waals surface area (Å²) in [5.41, 5.74) is 6.78. The van der Waals surface area contributed by atoms with Crippen molar-refractivity contribution in [3.8, 4) is 0 Å². The zero-order chi connectivity index (χ0) is 19.3. The van der Waals surface area contributed by atoms with Crippen LogP contribution in [0.1, 0.15) is 44.0 Å². The lowest BCUT2D eigenvalue weighted by Crippen LogP contribution is -2.38. The van der Waals surface area contributed by atoms with Gasteiger partial charge in [-0.15, -0.1) is 12.4 Å². The molecular weight excluding hydrogens is 388 g/mol. The Balaban J connectivity index is 0.00000364. The van der Waals surface area contributed by atoms with E-state index in [2.05, 4.69) is 10.2 Å². The number of nitrogens with two attached hydrogens (primary N) is 1. The number of hydrogen-bond acceptors (Lipinski definition) is 5. The number of nitrogens with zero attached hydrogens (tertiary/aromatic N) is 2. The summed E-state index contributed by atoms with van der Waals surface area (Å²) in [6.07, 6.45) is 2.14. The SMILES string of the molecule is CCN(CC)S(=O)(=O)c1ccc(N2CCCC2)c(C(=O)N[C@@H](C)CN)c1.Cl. The highest BCUT2D eigenvalue weighted by atomic mass is 35.5. The molecule has 7 nitrogen and oxygen atoms in total. The second kappa shape index (κ2) is 10.3. The quantitative estimate of drug-likeness (QED) is 0.671. The van der Waals surface area contributed by atoms with Crippen molar-refractivity contribution in [2.45, 2.75) is 44.6 Å². The molecule has 0 radical (unpaired) electrons. The number of hydrogen-bond donors (Lipinski definition) is 2. The first kappa shape index (κ1) is 23.7. The van der Waals surface area contributed by atoms with Gasteiger partial charge in [0.05, 0.1) is 10.5 Å².